The highest BCUT2D eigenvalue weighted by molar-refractivity contribution is 5.87. The number of benzene rings is 1. The highest BCUT2D eigenvalue weighted by atomic mass is 16.4. The maximum atomic E-state index is 11.0. The molecule has 0 spiro atoms. The zero-order chi connectivity index (χ0) is 14.8. The summed E-state index contributed by atoms with van der Waals surface area (Å²) >= 11 is 0. The summed E-state index contributed by atoms with van der Waals surface area (Å²) in [6.45, 7) is 2.14. The molecule has 0 amide bonds. The van der Waals surface area contributed by atoms with Gasteiger partial charge in [0, 0.05) is 18.8 Å². The predicted octanol–water partition coefficient (Wildman–Crippen LogP) is 3.19. The Bertz CT molecular complexity index is 788. The maximum absolute atomic E-state index is 11.0. The highest BCUT2D eigenvalue weighted by Gasteiger charge is 2.07. The van der Waals surface area contributed by atoms with Gasteiger partial charge >= 0.3 is 5.97 Å². The van der Waals surface area contributed by atoms with E-state index in [2.05, 4.69) is 36.2 Å². The van der Waals surface area contributed by atoms with Crippen LogP contribution in [0.5, 0.6) is 0 Å². The van der Waals surface area contributed by atoms with Gasteiger partial charge in [0.05, 0.1) is 11.3 Å². The van der Waals surface area contributed by atoms with E-state index in [0.717, 1.165) is 24.2 Å². The summed E-state index contributed by atoms with van der Waals surface area (Å²) in [6.07, 6.45) is 5.25. The van der Waals surface area contributed by atoms with Crippen molar-refractivity contribution >= 4 is 11.6 Å². The molecule has 0 aliphatic carbocycles. The second-order valence-electron chi connectivity index (χ2n) is 5.07. The van der Waals surface area contributed by atoms with Gasteiger partial charge in [0.2, 0.25) is 0 Å². The average Bonchev–Trinajstić information content (AvgIpc) is 2.89. The van der Waals surface area contributed by atoms with E-state index in [1.807, 2.05) is 6.20 Å². The van der Waals surface area contributed by atoms with Crippen LogP contribution in [0, 0.1) is 0 Å². The minimum atomic E-state index is -0.928. The number of carbonyl (C=O) groups is 1. The summed E-state index contributed by atoms with van der Waals surface area (Å²) in [5.74, 6) is -0.928. The molecule has 0 radical (unpaired) electrons. The number of hydrogen-bond acceptors (Lipinski definition) is 2. The zero-order valence-corrected chi connectivity index (χ0v) is 11.8. The largest absolute Gasteiger partial charge is 0.478 e. The molecule has 1 aromatic carbocycles. The van der Waals surface area contributed by atoms with E-state index < -0.39 is 5.97 Å². The molecule has 1 N–H and O–H groups in total. The van der Waals surface area contributed by atoms with Crippen molar-refractivity contribution < 1.29 is 9.90 Å². The standard InChI is InChI=1S/C17H16N2O2/c1-2-12-3-5-13(6-4-12)9-15-11-19-10-14(17(20)21)7-8-16(19)18-15/h3-8,10-11H,2,9H2,1H3,(H,20,21). The van der Waals surface area contributed by atoms with Gasteiger partial charge < -0.3 is 9.51 Å². The minimum Gasteiger partial charge on any atom is -0.478 e. The fraction of sp³-hybridized carbons (Fsp3) is 0.176. The van der Waals surface area contributed by atoms with E-state index in [4.69, 9.17) is 5.11 Å². The fourth-order valence-electron chi connectivity index (χ4n) is 2.36. The van der Waals surface area contributed by atoms with Crippen LogP contribution in [0.25, 0.3) is 5.65 Å². The van der Waals surface area contributed by atoms with Gasteiger partial charge in [0.15, 0.2) is 0 Å². The zero-order valence-electron chi connectivity index (χ0n) is 11.8. The van der Waals surface area contributed by atoms with E-state index >= 15 is 0 Å². The van der Waals surface area contributed by atoms with Crippen LogP contribution in [0.15, 0.2) is 48.8 Å². The predicted molar refractivity (Wildman–Crippen MR) is 80.8 cm³/mol. The molecule has 3 rings (SSSR count). The lowest BCUT2D eigenvalue weighted by molar-refractivity contribution is 0.0696. The molecule has 21 heavy (non-hydrogen) atoms. The first-order valence-corrected chi connectivity index (χ1v) is 6.94. The lowest BCUT2D eigenvalue weighted by atomic mass is 10.1. The summed E-state index contributed by atoms with van der Waals surface area (Å²) in [5, 5.41) is 9.00. The first-order chi connectivity index (χ1) is 10.2. The molecule has 4 heteroatoms. The molecule has 2 heterocycles. The van der Waals surface area contributed by atoms with Gasteiger partial charge in [-0.1, -0.05) is 31.2 Å². The van der Waals surface area contributed by atoms with Crippen molar-refractivity contribution in [3.05, 3.63) is 71.2 Å². The molecular weight excluding hydrogens is 264 g/mol. The Morgan fingerprint density at radius 3 is 2.48 bits per heavy atom. The number of pyridine rings is 1. The van der Waals surface area contributed by atoms with Crippen molar-refractivity contribution in [3.8, 4) is 0 Å². The molecule has 2 aromatic heterocycles. The number of fused-ring (bicyclic) bond motifs is 1. The lowest BCUT2D eigenvalue weighted by Gasteiger charge is -2.00. The number of rotatable bonds is 4. The van der Waals surface area contributed by atoms with Crippen LogP contribution in [0.3, 0.4) is 0 Å². The highest BCUT2D eigenvalue weighted by Crippen LogP contribution is 2.13. The molecule has 106 valence electrons. The van der Waals surface area contributed by atoms with E-state index in [9.17, 15) is 4.79 Å². The summed E-state index contributed by atoms with van der Waals surface area (Å²) in [4.78, 5) is 15.5. The first-order valence-electron chi connectivity index (χ1n) is 6.94. The number of carboxylic acid groups (broad SMARTS) is 1. The Labute approximate surface area is 122 Å². The van der Waals surface area contributed by atoms with Crippen molar-refractivity contribution in [2.24, 2.45) is 0 Å². The number of aryl methyl sites for hydroxylation is 1. The molecule has 0 saturated heterocycles. The van der Waals surface area contributed by atoms with Crippen molar-refractivity contribution in [2.45, 2.75) is 19.8 Å². The number of hydrogen-bond donors (Lipinski definition) is 1. The number of imidazole rings is 1. The normalized spacial score (nSPS) is 10.9. The molecule has 0 aliphatic rings. The molecule has 0 aliphatic heterocycles. The average molecular weight is 280 g/mol. The molecule has 0 unspecified atom stereocenters. The Hall–Kier alpha value is -2.62. The molecular formula is C17H16N2O2. The monoisotopic (exact) mass is 280 g/mol. The van der Waals surface area contributed by atoms with Crippen molar-refractivity contribution in [2.75, 3.05) is 0 Å². The van der Waals surface area contributed by atoms with E-state index in [0.29, 0.717) is 0 Å². The lowest BCUT2D eigenvalue weighted by Crippen LogP contribution is -1.97. The van der Waals surface area contributed by atoms with Gasteiger partial charge in [-0.05, 0) is 29.7 Å². The van der Waals surface area contributed by atoms with Crippen LogP contribution >= 0.6 is 0 Å². The number of carboxylic acids is 1. The smallest absolute Gasteiger partial charge is 0.337 e. The molecule has 0 fully saturated rings. The molecule has 0 atom stereocenters. The van der Waals surface area contributed by atoms with Gasteiger partial charge in [0.1, 0.15) is 5.65 Å². The molecule has 0 saturated carbocycles. The van der Waals surface area contributed by atoms with Crippen LogP contribution in [0.2, 0.25) is 0 Å². The van der Waals surface area contributed by atoms with Crippen molar-refractivity contribution in [1.29, 1.82) is 0 Å². The van der Waals surface area contributed by atoms with E-state index in [-0.39, 0.29) is 5.56 Å². The van der Waals surface area contributed by atoms with Crippen molar-refractivity contribution in [3.63, 3.8) is 0 Å². The topological polar surface area (TPSA) is 54.6 Å². The SMILES string of the molecule is CCc1ccc(Cc2cn3cc(C(=O)O)ccc3n2)cc1. The van der Waals surface area contributed by atoms with Crippen molar-refractivity contribution in [1.82, 2.24) is 9.38 Å². The van der Waals surface area contributed by atoms with E-state index in [1.165, 1.54) is 11.1 Å². The number of aromatic nitrogens is 2. The number of aromatic carboxylic acids is 1. The minimum absolute atomic E-state index is 0.263. The second-order valence-corrected chi connectivity index (χ2v) is 5.07. The van der Waals surface area contributed by atoms with Crippen LogP contribution in [-0.2, 0) is 12.8 Å². The van der Waals surface area contributed by atoms with Crippen LogP contribution < -0.4 is 0 Å². The van der Waals surface area contributed by atoms with Gasteiger partial charge in [0.25, 0.3) is 0 Å². The maximum Gasteiger partial charge on any atom is 0.337 e. The quantitative estimate of drug-likeness (QED) is 0.798. The Balaban J connectivity index is 1.88. The number of nitrogens with zero attached hydrogens (tertiary/aromatic N) is 2. The molecule has 4 nitrogen and oxygen atoms in total. The van der Waals surface area contributed by atoms with Gasteiger partial charge in [-0.3, -0.25) is 0 Å². The molecule has 0 bridgehead atoms. The third-order valence-electron chi connectivity index (χ3n) is 3.56. The van der Waals surface area contributed by atoms with Crippen LogP contribution in [-0.4, -0.2) is 20.5 Å². The van der Waals surface area contributed by atoms with Gasteiger partial charge in [-0.15, -0.1) is 0 Å². The van der Waals surface area contributed by atoms with Gasteiger partial charge in [-0.25, -0.2) is 9.78 Å². The second kappa shape index (κ2) is 5.40. The Morgan fingerprint density at radius 1 is 1.10 bits per heavy atom. The summed E-state index contributed by atoms with van der Waals surface area (Å²) in [6, 6.07) is 11.8. The first kappa shape index (κ1) is 13.4. The summed E-state index contributed by atoms with van der Waals surface area (Å²) in [5.41, 5.74) is 4.48. The van der Waals surface area contributed by atoms with Crippen LogP contribution in [0.4, 0.5) is 0 Å². The van der Waals surface area contributed by atoms with E-state index in [1.54, 1.807) is 22.7 Å². The molecule has 3 aromatic rings. The van der Waals surface area contributed by atoms with Crippen LogP contribution in [0.1, 0.15) is 34.1 Å². The Kier molecular flexibility index (Phi) is 3.44. The summed E-state index contributed by atoms with van der Waals surface area (Å²) < 4.78 is 1.76. The summed E-state index contributed by atoms with van der Waals surface area (Å²) in [7, 11) is 0. The third-order valence-corrected chi connectivity index (χ3v) is 3.56. The fourth-order valence-corrected chi connectivity index (χ4v) is 2.36. The third kappa shape index (κ3) is 2.79. The Morgan fingerprint density at radius 2 is 1.81 bits per heavy atom. The van der Waals surface area contributed by atoms with Gasteiger partial charge in [-0.2, -0.15) is 0 Å².